The van der Waals surface area contributed by atoms with E-state index >= 15 is 0 Å². The molecule has 3 heteroatoms. The van der Waals surface area contributed by atoms with Crippen LogP contribution in [0, 0.1) is 24.2 Å². The summed E-state index contributed by atoms with van der Waals surface area (Å²) in [5, 5.41) is 0. The van der Waals surface area contributed by atoms with Crippen molar-refractivity contribution in [2.45, 2.75) is 45.6 Å². The van der Waals surface area contributed by atoms with Crippen molar-refractivity contribution in [2.24, 2.45) is 17.3 Å². The normalized spacial score (nSPS) is 32.5. The minimum Gasteiger partial charge on any atom is -0.378 e. The molecule has 3 aliphatic rings. The highest BCUT2D eigenvalue weighted by Gasteiger charge is 2.65. The first-order valence-electron chi connectivity index (χ1n) is 9.05. The van der Waals surface area contributed by atoms with Gasteiger partial charge in [-0.1, -0.05) is 29.8 Å². The fourth-order valence-corrected chi connectivity index (χ4v) is 4.51. The molecule has 0 N–H and O–H groups in total. The first kappa shape index (κ1) is 15.2. The SMILES string of the molecule is CCOC1CC2(C1)CC2C(=O)N1CC(Cc2ccc(C)cc2)C1. The fraction of sp³-hybridized carbons (Fsp3) is 0.650. The predicted octanol–water partition coefficient (Wildman–Crippen LogP) is 3.20. The number of carbonyl (C=O) groups excluding carboxylic acids is 1. The average molecular weight is 313 g/mol. The van der Waals surface area contributed by atoms with Crippen molar-refractivity contribution < 1.29 is 9.53 Å². The lowest BCUT2D eigenvalue weighted by atomic mass is 9.76. The summed E-state index contributed by atoms with van der Waals surface area (Å²) in [6, 6.07) is 8.79. The summed E-state index contributed by atoms with van der Waals surface area (Å²) in [4.78, 5) is 14.7. The predicted molar refractivity (Wildman–Crippen MR) is 90.1 cm³/mol. The monoisotopic (exact) mass is 313 g/mol. The van der Waals surface area contributed by atoms with Crippen molar-refractivity contribution in [3.8, 4) is 0 Å². The maximum absolute atomic E-state index is 12.6. The van der Waals surface area contributed by atoms with Gasteiger partial charge in [0.05, 0.1) is 6.10 Å². The molecule has 1 atom stereocenters. The van der Waals surface area contributed by atoms with Crippen molar-refractivity contribution in [3.05, 3.63) is 35.4 Å². The Bertz CT molecular complexity index is 582. The van der Waals surface area contributed by atoms with Gasteiger partial charge in [0.2, 0.25) is 5.91 Å². The van der Waals surface area contributed by atoms with E-state index in [1.54, 1.807) is 0 Å². The Morgan fingerprint density at radius 1 is 1.22 bits per heavy atom. The molecule has 0 radical (unpaired) electrons. The second-order valence-electron chi connectivity index (χ2n) is 7.90. The fourth-order valence-electron chi connectivity index (χ4n) is 4.51. The van der Waals surface area contributed by atoms with E-state index in [9.17, 15) is 4.79 Å². The number of hydrogen-bond acceptors (Lipinski definition) is 2. The molecule has 124 valence electrons. The summed E-state index contributed by atoms with van der Waals surface area (Å²) >= 11 is 0. The molecule has 1 aromatic carbocycles. The molecule has 23 heavy (non-hydrogen) atoms. The Morgan fingerprint density at radius 2 is 1.91 bits per heavy atom. The van der Waals surface area contributed by atoms with Crippen molar-refractivity contribution in [3.63, 3.8) is 0 Å². The van der Waals surface area contributed by atoms with Crippen molar-refractivity contribution in [2.75, 3.05) is 19.7 Å². The molecule has 1 spiro atoms. The highest BCUT2D eigenvalue weighted by molar-refractivity contribution is 5.83. The van der Waals surface area contributed by atoms with Crippen LogP contribution in [-0.4, -0.2) is 36.6 Å². The molecule has 1 aliphatic heterocycles. The Hall–Kier alpha value is -1.35. The van der Waals surface area contributed by atoms with Crippen LogP contribution < -0.4 is 0 Å². The summed E-state index contributed by atoms with van der Waals surface area (Å²) in [5.41, 5.74) is 3.04. The zero-order valence-electron chi connectivity index (χ0n) is 14.3. The summed E-state index contributed by atoms with van der Waals surface area (Å²) in [6.45, 7) is 6.87. The largest absolute Gasteiger partial charge is 0.378 e. The van der Waals surface area contributed by atoms with Crippen LogP contribution in [0.15, 0.2) is 24.3 Å². The molecule has 2 aliphatic carbocycles. The number of likely N-dealkylation sites (tertiary alicyclic amines) is 1. The van der Waals surface area contributed by atoms with Crippen LogP contribution in [0.25, 0.3) is 0 Å². The molecule has 2 saturated carbocycles. The van der Waals surface area contributed by atoms with Crippen LogP contribution in [0.5, 0.6) is 0 Å². The number of nitrogens with zero attached hydrogens (tertiary/aromatic N) is 1. The summed E-state index contributed by atoms with van der Waals surface area (Å²) < 4.78 is 5.65. The van der Waals surface area contributed by atoms with Crippen LogP contribution in [0.4, 0.5) is 0 Å². The quantitative estimate of drug-likeness (QED) is 0.835. The number of ether oxygens (including phenoxy) is 1. The topological polar surface area (TPSA) is 29.5 Å². The van der Waals surface area contributed by atoms with E-state index in [0.29, 0.717) is 29.3 Å². The second kappa shape index (κ2) is 5.62. The average Bonchev–Trinajstić information content (AvgIpc) is 3.19. The van der Waals surface area contributed by atoms with Gasteiger partial charge < -0.3 is 9.64 Å². The van der Waals surface area contributed by atoms with Gasteiger partial charge in [-0.25, -0.2) is 0 Å². The third-order valence-corrected chi connectivity index (χ3v) is 6.07. The first-order valence-corrected chi connectivity index (χ1v) is 9.05. The molecule has 0 bridgehead atoms. The van der Waals surface area contributed by atoms with Gasteiger partial charge in [-0.3, -0.25) is 4.79 Å². The van der Waals surface area contributed by atoms with E-state index in [0.717, 1.165) is 45.4 Å². The zero-order valence-corrected chi connectivity index (χ0v) is 14.3. The van der Waals surface area contributed by atoms with E-state index < -0.39 is 0 Å². The van der Waals surface area contributed by atoms with E-state index in [-0.39, 0.29) is 0 Å². The van der Waals surface area contributed by atoms with Gasteiger partial charge >= 0.3 is 0 Å². The highest BCUT2D eigenvalue weighted by atomic mass is 16.5. The Kier molecular flexibility index (Phi) is 3.72. The minimum atomic E-state index is 0.305. The number of amides is 1. The number of rotatable bonds is 5. The third-order valence-electron chi connectivity index (χ3n) is 6.07. The zero-order chi connectivity index (χ0) is 16.0. The third kappa shape index (κ3) is 2.80. The molecule has 1 unspecified atom stereocenters. The van der Waals surface area contributed by atoms with Crippen LogP contribution in [0.2, 0.25) is 0 Å². The number of benzene rings is 1. The molecular formula is C20H27NO2. The molecular weight excluding hydrogens is 286 g/mol. The molecule has 3 nitrogen and oxygen atoms in total. The maximum Gasteiger partial charge on any atom is 0.226 e. The lowest BCUT2D eigenvalue weighted by Crippen LogP contribution is -2.52. The number of aryl methyl sites for hydroxylation is 1. The van der Waals surface area contributed by atoms with Crippen LogP contribution in [0.1, 0.15) is 37.3 Å². The molecule has 1 amide bonds. The van der Waals surface area contributed by atoms with Crippen LogP contribution >= 0.6 is 0 Å². The van der Waals surface area contributed by atoms with E-state index in [4.69, 9.17) is 4.74 Å². The smallest absolute Gasteiger partial charge is 0.226 e. The van der Waals surface area contributed by atoms with Crippen LogP contribution in [-0.2, 0) is 16.0 Å². The van der Waals surface area contributed by atoms with Gasteiger partial charge in [-0.15, -0.1) is 0 Å². The first-order chi connectivity index (χ1) is 11.1. The second-order valence-corrected chi connectivity index (χ2v) is 7.90. The summed E-state index contributed by atoms with van der Waals surface area (Å²) in [5.74, 6) is 1.37. The van der Waals surface area contributed by atoms with Gasteiger partial charge in [0.15, 0.2) is 0 Å². The van der Waals surface area contributed by atoms with E-state index in [1.165, 1.54) is 11.1 Å². The number of hydrogen-bond donors (Lipinski definition) is 0. The lowest BCUT2D eigenvalue weighted by molar-refractivity contribution is -0.141. The lowest BCUT2D eigenvalue weighted by Gasteiger charge is -2.42. The van der Waals surface area contributed by atoms with E-state index in [2.05, 4.69) is 43.0 Å². The molecule has 1 saturated heterocycles. The van der Waals surface area contributed by atoms with Gasteiger partial charge in [-0.05, 0) is 56.4 Å². The van der Waals surface area contributed by atoms with Gasteiger partial charge in [0, 0.05) is 25.6 Å². The van der Waals surface area contributed by atoms with Gasteiger partial charge in [0.1, 0.15) is 0 Å². The van der Waals surface area contributed by atoms with Gasteiger partial charge in [-0.2, -0.15) is 0 Å². The molecule has 0 aromatic heterocycles. The van der Waals surface area contributed by atoms with Crippen LogP contribution in [0.3, 0.4) is 0 Å². The van der Waals surface area contributed by atoms with Crippen molar-refractivity contribution in [1.29, 1.82) is 0 Å². The minimum absolute atomic E-state index is 0.305. The summed E-state index contributed by atoms with van der Waals surface area (Å²) in [6.07, 6.45) is 4.85. The molecule has 3 fully saturated rings. The number of carbonyl (C=O) groups is 1. The Labute approximate surface area is 139 Å². The van der Waals surface area contributed by atoms with E-state index in [1.807, 2.05) is 0 Å². The Balaban J connectivity index is 1.22. The standard InChI is InChI=1S/C20H27NO2/c1-3-23-17-9-20(10-17)11-18(20)19(22)21-12-16(13-21)8-15-6-4-14(2)5-7-15/h4-7,16-18H,3,8-13H2,1-2H3. The van der Waals surface area contributed by atoms with Crippen molar-refractivity contribution >= 4 is 5.91 Å². The van der Waals surface area contributed by atoms with Gasteiger partial charge in [0.25, 0.3) is 0 Å². The highest BCUT2D eigenvalue weighted by Crippen LogP contribution is 2.66. The molecule has 1 heterocycles. The molecule has 4 rings (SSSR count). The molecule has 1 aromatic rings. The van der Waals surface area contributed by atoms with Crippen molar-refractivity contribution in [1.82, 2.24) is 4.90 Å². The summed E-state index contributed by atoms with van der Waals surface area (Å²) in [7, 11) is 0. The Morgan fingerprint density at radius 3 is 2.57 bits per heavy atom. The maximum atomic E-state index is 12.6.